The first-order valence-electron chi connectivity index (χ1n) is 2.74. The van der Waals surface area contributed by atoms with Crippen molar-refractivity contribution in [2.75, 3.05) is 0 Å². The number of nitro groups is 1. The number of thiol groups is 1. The second kappa shape index (κ2) is 3.11. The van der Waals surface area contributed by atoms with Crippen LogP contribution in [0.3, 0.4) is 0 Å². The molecule has 0 bridgehead atoms. The second-order valence-electron chi connectivity index (χ2n) is 1.89. The zero-order valence-electron chi connectivity index (χ0n) is 5.32. The maximum absolute atomic E-state index is 10.3. The Morgan fingerprint density at radius 2 is 2.18 bits per heavy atom. The Morgan fingerprint density at radius 3 is 2.64 bits per heavy atom. The Bertz CT molecular complexity index is 303. The quantitative estimate of drug-likeness (QED) is 0.419. The summed E-state index contributed by atoms with van der Waals surface area (Å²) in [4.78, 5) is 10.1. The van der Waals surface area contributed by atoms with E-state index in [1.54, 1.807) is 6.07 Å². The van der Waals surface area contributed by atoms with Gasteiger partial charge in [0.2, 0.25) is 0 Å². The molecule has 3 nitrogen and oxygen atoms in total. The van der Waals surface area contributed by atoms with Crippen molar-refractivity contribution in [2.45, 2.75) is 4.90 Å². The smallest absolute Gasteiger partial charge is 0.258 e. The molecule has 1 aromatic carbocycles. The number of halogens is 1. The molecule has 0 aromatic heterocycles. The molecule has 0 radical (unpaired) electrons. The second-order valence-corrected chi connectivity index (χ2v) is 2.81. The third-order valence-corrected chi connectivity index (χ3v) is 1.75. The molecule has 58 valence electrons. The largest absolute Gasteiger partial charge is 0.284 e. The highest BCUT2D eigenvalue weighted by molar-refractivity contribution is 7.80. The molecule has 0 aliphatic rings. The summed E-state index contributed by atoms with van der Waals surface area (Å²) >= 11 is 9.41. The van der Waals surface area contributed by atoms with Gasteiger partial charge in [-0.15, -0.1) is 12.6 Å². The van der Waals surface area contributed by atoms with Gasteiger partial charge in [0.25, 0.3) is 5.69 Å². The third-order valence-electron chi connectivity index (χ3n) is 1.13. The van der Waals surface area contributed by atoms with Gasteiger partial charge >= 0.3 is 0 Å². The summed E-state index contributed by atoms with van der Waals surface area (Å²) in [6.07, 6.45) is 0. The lowest BCUT2D eigenvalue weighted by Crippen LogP contribution is -1.88. The van der Waals surface area contributed by atoms with Gasteiger partial charge in [0, 0.05) is 11.1 Å². The lowest BCUT2D eigenvalue weighted by molar-refractivity contribution is -0.387. The maximum atomic E-state index is 10.3. The van der Waals surface area contributed by atoms with E-state index in [1.807, 2.05) is 0 Å². The Morgan fingerprint density at radius 1 is 1.55 bits per heavy atom. The van der Waals surface area contributed by atoms with Gasteiger partial charge in [-0.3, -0.25) is 10.1 Å². The summed E-state index contributed by atoms with van der Waals surface area (Å²) in [7, 11) is 0. The van der Waals surface area contributed by atoms with Crippen molar-refractivity contribution in [1.29, 1.82) is 0 Å². The van der Waals surface area contributed by atoms with Crippen molar-refractivity contribution < 1.29 is 4.92 Å². The fourth-order valence-corrected chi connectivity index (χ4v) is 1.03. The Hall–Kier alpha value is -0.740. The van der Waals surface area contributed by atoms with Gasteiger partial charge < -0.3 is 0 Å². The van der Waals surface area contributed by atoms with E-state index in [2.05, 4.69) is 12.6 Å². The fourth-order valence-electron chi connectivity index (χ4n) is 0.643. The van der Waals surface area contributed by atoms with Crippen molar-refractivity contribution in [3.63, 3.8) is 0 Å². The molecule has 5 heteroatoms. The highest BCUT2D eigenvalue weighted by Crippen LogP contribution is 2.25. The van der Waals surface area contributed by atoms with Crippen LogP contribution in [0, 0.1) is 10.1 Å². The molecule has 0 spiro atoms. The van der Waals surface area contributed by atoms with E-state index in [-0.39, 0.29) is 5.69 Å². The van der Waals surface area contributed by atoms with Gasteiger partial charge in [0.1, 0.15) is 0 Å². The average Bonchev–Trinajstić information content (AvgIpc) is 1.94. The van der Waals surface area contributed by atoms with Gasteiger partial charge in [-0.1, -0.05) is 11.6 Å². The van der Waals surface area contributed by atoms with E-state index in [0.717, 1.165) is 0 Å². The molecule has 0 aliphatic heterocycles. The van der Waals surface area contributed by atoms with Gasteiger partial charge in [0.05, 0.1) is 9.82 Å². The number of nitrogens with zero attached hydrogens (tertiary/aromatic N) is 1. The van der Waals surface area contributed by atoms with Crippen LogP contribution in [-0.4, -0.2) is 4.92 Å². The third kappa shape index (κ3) is 1.85. The predicted molar refractivity (Wildman–Crippen MR) is 45.4 cm³/mol. The van der Waals surface area contributed by atoms with Gasteiger partial charge in [-0.25, -0.2) is 0 Å². The van der Waals surface area contributed by atoms with E-state index < -0.39 is 4.92 Å². The molecule has 0 heterocycles. The van der Waals surface area contributed by atoms with Crippen LogP contribution in [0.5, 0.6) is 0 Å². The Labute approximate surface area is 73.5 Å². The van der Waals surface area contributed by atoms with E-state index >= 15 is 0 Å². The molecule has 1 aromatic rings. The SMILES string of the molecule is O=[N+]([O-])c1cc(Cl)ccc1S. The van der Waals surface area contributed by atoms with Crippen LogP contribution >= 0.6 is 24.2 Å². The van der Waals surface area contributed by atoms with Crippen molar-refractivity contribution in [3.8, 4) is 0 Å². The molecule has 0 saturated carbocycles. The molecular weight excluding hydrogens is 186 g/mol. The van der Waals surface area contributed by atoms with Crippen LogP contribution in [0.15, 0.2) is 23.1 Å². The van der Waals surface area contributed by atoms with Crippen LogP contribution in [0.25, 0.3) is 0 Å². The zero-order chi connectivity index (χ0) is 8.43. The lowest BCUT2D eigenvalue weighted by Gasteiger charge is -1.94. The first kappa shape index (κ1) is 8.36. The normalized spacial score (nSPS) is 9.64. The molecule has 0 unspecified atom stereocenters. The molecule has 0 fully saturated rings. The fraction of sp³-hybridized carbons (Fsp3) is 0. The van der Waals surface area contributed by atoms with Crippen LogP contribution < -0.4 is 0 Å². The van der Waals surface area contributed by atoms with Gasteiger partial charge in [0.15, 0.2) is 0 Å². The molecule has 1 rings (SSSR count). The molecule has 0 atom stereocenters. The monoisotopic (exact) mass is 189 g/mol. The van der Waals surface area contributed by atoms with Crippen LogP contribution in [0.4, 0.5) is 5.69 Å². The van der Waals surface area contributed by atoms with E-state index in [4.69, 9.17) is 11.6 Å². The standard InChI is InChI=1S/C6H4ClNO2S/c7-4-1-2-6(11)5(3-4)8(9)10/h1-3,11H. The van der Waals surface area contributed by atoms with Crippen LogP contribution in [0.2, 0.25) is 5.02 Å². The van der Waals surface area contributed by atoms with Crippen molar-refractivity contribution in [1.82, 2.24) is 0 Å². The number of hydrogen-bond donors (Lipinski definition) is 1. The molecule has 0 amide bonds. The highest BCUT2D eigenvalue weighted by atomic mass is 35.5. The zero-order valence-corrected chi connectivity index (χ0v) is 6.97. The first-order valence-corrected chi connectivity index (χ1v) is 3.56. The molecule has 11 heavy (non-hydrogen) atoms. The summed E-state index contributed by atoms with van der Waals surface area (Å²) in [5, 5.41) is 10.6. The summed E-state index contributed by atoms with van der Waals surface area (Å²) in [6.45, 7) is 0. The number of hydrogen-bond acceptors (Lipinski definition) is 3. The first-order chi connectivity index (χ1) is 5.11. The van der Waals surface area contributed by atoms with E-state index in [9.17, 15) is 10.1 Å². The van der Waals surface area contributed by atoms with Gasteiger partial charge in [-0.2, -0.15) is 0 Å². The van der Waals surface area contributed by atoms with E-state index in [0.29, 0.717) is 9.92 Å². The van der Waals surface area contributed by atoms with Crippen LogP contribution in [-0.2, 0) is 0 Å². The Kier molecular flexibility index (Phi) is 2.36. The highest BCUT2D eigenvalue weighted by Gasteiger charge is 2.10. The molecule has 0 aliphatic carbocycles. The number of rotatable bonds is 1. The van der Waals surface area contributed by atoms with Gasteiger partial charge in [-0.05, 0) is 12.1 Å². The lowest BCUT2D eigenvalue weighted by atomic mass is 10.3. The van der Waals surface area contributed by atoms with Crippen LogP contribution in [0.1, 0.15) is 0 Å². The number of benzene rings is 1. The summed E-state index contributed by atoms with van der Waals surface area (Å²) in [5.41, 5.74) is -0.0687. The van der Waals surface area contributed by atoms with Crippen molar-refractivity contribution in [2.24, 2.45) is 0 Å². The van der Waals surface area contributed by atoms with Crippen molar-refractivity contribution >= 4 is 29.9 Å². The minimum absolute atomic E-state index is 0.0687. The summed E-state index contributed by atoms with van der Waals surface area (Å²) < 4.78 is 0. The van der Waals surface area contributed by atoms with Crippen molar-refractivity contribution in [3.05, 3.63) is 33.3 Å². The molecular formula is C6H4ClNO2S. The molecule has 0 N–H and O–H groups in total. The maximum Gasteiger partial charge on any atom is 0.284 e. The summed E-state index contributed by atoms with van der Waals surface area (Å²) in [6, 6.07) is 4.31. The average molecular weight is 190 g/mol. The summed E-state index contributed by atoms with van der Waals surface area (Å²) in [5.74, 6) is 0. The predicted octanol–water partition coefficient (Wildman–Crippen LogP) is 2.54. The number of nitro benzene ring substituents is 1. The topological polar surface area (TPSA) is 43.1 Å². The Balaban J connectivity index is 3.23. The minimum Gasteiger partial charge on any atom is -0.258 e. The molecule has 0 saturated heterocycles. The minimum atomic E-state index is -0.520. The van der Waals surface area contributed by atoms with E-state index in [1.165, 1.54) is 12.1 Å².